The first-order valence-corrected chi connectivity index (χ1v) is 21.3. The normalized spacial score (nSPS) is 36.8. The van der Waals surface area contributed by atoms with Gasteiger partial charge in [-0.05, 0) is 131 Å². The van der Waals surface area contributed by atoms with E-state index in [1.54, 1.807) is 13.8 Å². The summed E-state index contributed by atoms with van der Waals surface area (Å²) in [5.74, 6) is -0.165. The number of hydrogen-bond donors (Lipinski definition) is 8. The van der Waals surface area contributed by atoms with Gasteiger partial charge in [-0.25, -0.2) is 0 Å². The van der Waals surface area contributed by atoms with Gasteiger partial charge in [0, 0.05) is 31.6 Å². The Balaban J connectivity index is 0.000000512. The van der Waals surface area contributed by atoms with Crippen molar-refractivity contribution in [3.05, 3.63) is 12.2 Å². The van der Waals surface area contributed by atoms with Gasteiger partial charge in [0.05, 0.1) is 43.7 Å². The number of carbonyl (C=O) groups is 3. The highest BCUT2D eigenvalue weighted by atomic mass is 16.5. The molecule has 56 heavy (non-hydrogen) atoms. The molecule has 0 unspecified atom stereocenters. The highest BCUT2D eigenvalue weighted by molar-refractivity contribution is 5.81. The second-order valence-corrected chi connectivity index (χ2v) is 19.7. The molecule has 5 saturated carbocycles. The molecule has 0 radical (unpaired) electrons. The lowest BCUT2D eigenvalue weighted by Crippen LogP contribution is -2.67. The van der Waals surface area contributed by atoms with Crippen LogP contribution in [-0.2, 0) is 19.1 Å². The number of nitrogens with one attached hydrogen (secondary N) is 2. The number of esters is 1. The maximum atomic E-state index is 12.9. The predicted octanol–water partition coefficient (Wildman–Crippen LogP) is 5.26. The van der Waals surface area contributed by atoms with Crippen molar-refractivity contribution in [1.29, 1.82) is 0 Å². The summed E-state index contributed by atoms with van der Waals surface area (Å²) in [5.41, 5.74) is -0.477. The van der Waals surface area contributed by atoms with E-state index in [1.807, 2.05) is 0 Å². The van der Waals surface area contributed by atoms with Gasteiger partial charge in [0.25, 0.3) is 0 Å². The van der Waals surface area contributed by atoms with Crippen molar-refractivity contribution in [3.63, 3.8) is 0 Å². The minimum Gasteiger partial charge on any atom is -0.481 e. The van der Waals surface area contributed by atoms with Crippen LogP contribution in [0.25, 0.3) is 0 Å². The highest BCUT2D eigenvalue weighted by Crippen LogP contribution is 2.77. The van der Waals surface area contributed by atoms with Crippen LogP contribution in [0.1, 0.15) is 126 Å². The third-order valence-electron chi connectivity index (χ3n) is 16.0. The van der Waals surface area contributed by atoms with Crippen LogP contribution < -0.4 is 10.6 Å². The number of fused-ring (bicyclic) bond motifs is 7. The molecule has 12 nitrogen and oxygen atoms in total. The molecule has 5 fully saturated rings. The number of carboxylic acid groups (broad SMARTS) is 2. The van der Waals surface area contributed by atoms with Crippen LogP contribution in [0.4, 0.5) is 0 Å². The van der Waals surface area contributed by atoms with E-state index in [0.717, 1.165) is 69.8 Å². The number of aliphatic hydroxyl groups excluding tert-OH is 4. The zero-order chi connectivity index (χ0) is 42.3. The molecule has 0 spiro atoms. The molecular weight excluding hydrogens is 716 g/mol. The van der Waals surface area contributed by atoms with E-state index in [4.69, 9.17) is 25.2 Å². The summed E-state index contributed by atoms with van der Waals surface area (Å²) in [5, 5.41) is 58.3. The first-order valence-electron chi connectivity index (χ1n) is 21.3. The van der Waals surface area contributed by atoms with E-state index in [1.165, 1.54) is 0 Å². The average molecular weight is 795 g/mol. The van der Waals surface area contributed by atoms with Gasteiger partial charge in [-0.15, -0.1) is 0 Å². The largest absolute Gasteiger partial charge is 0.481 e. The summed E-state index contributed by atoms with van der Waals surface area (Å²) in [4.78, 5) is 37.5. The molecule has 0 aliphatic heterocycles. The maximum absolute atomic E-state index is 12.9. The van der Waals surface area contributed by atoms with E-state index in [9.17, 15) is 24.6 Å². The van der Waals surface area contributed by atoms with Crippen molar-refractivity contribution in [2.24, 2.45) is 62.1 Å². The highest BCUT2D eigenvalue weighted by Gasteiger charge is 2.72. The maximum Gasteiger partial charge on any atom is 0.309 e. The summed E-state index contributed by atoms with van der Waals surface area (Å²) >= 11 is 0. The Morgan fingerprint density at radius 2 is 1.27 bits per heavy atom. The van der Waals surface area contributed by atoms with Crippen molar-refractivity contribution in [1.82, 2.24) is 10.6 Å². The number of aliphatic carboxylic acids is 2. The monoisotopic (exact) mass is 795 g/mol. The Hall–Kier alpha value is -2.09. The van der Waals surface area contributed by atoms with Gasteiger partial charge in [0.1, 0.15) is 6.10 Å². The number of allylic oxidation sites excluding steroid dienone is 1. The van der Waals surface area contributed by atoms with Crippen molar-refractivity contribution >= 4 is 17.9 Å². The van der Waals surface area contributed by atoms with Crippen molar-refractivity contribution in [2.75, 3.05) is 52.6 Å². The van der Waals surface area contributed by atoms with Crippen LogP contribution in [0, 0.1) is 62.1 Å². The number of ether oxygens (including phenoxy) is 1. The van der Waals surface area contributed by atoms with E-state index in [0.29, 0.717) is 49.9 Å². The van der Waals surface area contributed by atoms with E-state index in [2.05, 4.69) is 58.8 Å². The smallest absolute Gasteiger partial charge is 0.309 e. The Bertz CT molecular complexity index is 1340. The Labute approximate surface area is 336 Å². The molecule has 0 aromatic rings. The molecule has 5 aliphatic rings. The van der Waals surface area contributed by atoms with Gasteiger partial charge in [-0.2, -0.15) is 0 Å². The van der Waals surface area contributed by atoms with Crippen molar-refractivity contribution in [3.8, 4) is 0 Å². The lowest BCUT2D eigenvalue weighted by atomic mass is 9.32. The van der Waals surface area contributed by atoms with E-state index >= 15 is 0 Å². The van der Waals surface area contributed by atoms with E-state index < -0.39 is 28.7 Å². The molecule has 0 amide bonds. The lowest BCUT2D eigenvalue weighted by molar-refractivity contribution is -0.250. The van der Waals surface area contributed by atoms with Gasteiger partial charge >= 0.3 is 17.9 Å². The second-order valence-electron chi connectivity index (χ2n) is 19.7. The second kappa shape index (κ2) is 19.3. The molecule has 8 N–H and O–H groups in total. The molecule has 0 aromatic carbocycles. The zero-order valence-corrected chi connectivity index (χ0v) is 35.9. The summed E-state index contributed by atoms with van der Waals surface area (Å²) in [6, 6.07) is 0. The average Bonchev–Trinajstić information content (AvgIpc) is 3.52. The summed E-state index contributed by atoms with van der Waals surface area (Å²) in [6.45, 7) is 24.6. The molecule has 324 valence electrons. The molecule has 5 rings (SSSR count). The molecule has 0 heterocycles. The molecule has 0 saturated heterocycles. The Morgan fingerprint density at radius 1 is 0.714 bits per heavy atom. The van der Waals surface area contributed by atoms with Gasteiger partial charge in [-0.1, -0.05) is 46.8 Å². The Morgan fingerprint density at radius 3 is 1.75 bits per heavy atom. The zero-order valence-electron chi connectivity index (χ0n) is 35.9. The molecule has 10 atom stereocenters. The number of carboxylic acids is 2. The van der Waals surface area contributed by atoms with Crippen LogP contribution in [0.3, 0.4) is 0 Å². The van der Waals surface area contributed by atoms with E-state index in [-0.39, 0.29) is 66.5 Å². The third kappa shape index (κ3) is 9.36. The van der Waals surface area contributed by atoms with Crippen LogP contribution in [0.15, 0.2) is 12.2 Å². The van der Waals surface area contributed by atoms with Crippen LogP contribution in [-0.4, -0.2) is 107 Å². The quantitative estimate of drug-likeness (QED) is 0.0644. The fraction of sp³-hybridized carbons (Fsp3) is 0.886. The fourth-order valence-corrected chi connectivity index (χ4v) is 12.9. The van der Waals surface area contributed by atoms with Crippen LogP contribution in [0.2, 0.25) is 0 Å². The topological polar surface area (TPSA) is 206 Å². The standard InChI is InChI=1S/C36H56O6.2C4H11NO2/c1-21(2)22-12-17-36(30(40)41)19-18-34(8)23(28(22)36)10-11-25-33(7)15-14-26(42-27(37)20-31(3,4)29(38)39)32(5,6)24(33)13-16-35(25,34)9;2*6-3-1-5-2-4-7/h22-26,28H,1,10-20H2,2-9H3,(H,38,39)(H,40,41);2*5-7H,1-4H2/t22-,23+,24-,25+,26-,28+,33-,34+,35+,36-;;/m0../s1. The number of aliphatic hydroxyl groups is 4. The minimum atomic E-state index is -1.15. The van der Waals surface area contributed by atoms with Crippen molar-refractivity contribution in [2.45, 2.75) is 132 Å². The van der Waals surface area contributed by atoms with Crippen LogP contribution >= 0.6 is 0 Å². The summed E-state index contributed by atoms with van der Waals surface area (Å²) in [7, 11) is 0. The SMILES string of the molecule is C=C(C)[C@@H]1CC[C@]2(C(=O)O)CC[C@]3(C)[C@H](CC[C@@H]4[C@@]5(C)CC[C@H](OC(=O)CC(C)(C)C(=O)O)C(C)(C)[C@@H]5CC[C@]43C)[C@@H]12.OCCNCCO.OCCNCCO. The van der Waals surface area contributed by atoms with Gasteiger partial charge in [-0.3, -0.25) is 14.4 Å². The summed E-state index contributed by atoms with van der Waals surface area (Å²) < 4.78 is 6.10. The number of rotatable bonds is 14. The molecular formula is C44H78N2O10. The lowest BCUT2D eigenvalue weighted by Gasteiger charge is -2.72. The third-order valence-corrected chi connectivity index (χ3v) is 16.0. The molecule has 0 aromatic heterocycles. The first-order chi connectivity index (χ1) is 26.1. The number of carbonyl (C=O) groups excluding carboxylic acids is 1. The summed E-state index contributed by atoms with van der Waals surface area (Å²) in [6.07, 6.45) is 9.38. The minimum absolute atomic E-state index is 0.0847. The van der Waals surface area contributed by atoms with Gasteiger partial charge in [0.15, 0.2) is 0 Å². The molecule has 0 bridgehead atoms. The first kappa shape index (κ1) is 48.3. The fourth-order valence-electron chi connectivity index (χ4n) is 12.9. The van der Waals surface area contributed by atoms with Gasteiger partial charge < -0.3 is 46.0 Å². The van der Waals surface area contributed by atoms with Gasteiger partial charge in [0.2, 0.25) is 0 Å². The number of hydrogen-bond acceptors (Lipinski definition) is 10. The van der Waals surface area contributed by atoms with Crippen LogP contribution in [0.5, 0.6) is 0 Å². The predicted molar refractivity (Wildman–Crippen MR) is 217 cm³/mol. The molecule has 12 heteroatoms. The Kier molecular flexibility index (Phi) is 16.7. The molecule has 5 aliphatic carbocycles. The van der Waals surface area contributed by atoms with Crippen molar-refractivity contribution < 1.29 is 49.8 Å².